The highest BCUT2D eigenvalue weighted by molar-refractivity contribution is 5.63. The molecular formula is C28H37NO3. The molecule has 0 aromatic heterocycles. The van der Waals surface area contributed by atoms with Crippen LogP contribution in [0.4, 0.5) is 0 Å². The van der Waals surface area contributed by atoms with Crippen molar-refractivity contribution >= 4 is 0 Å². The lowest BCUT2D eigenvalue weighted by Gasteiger charge is -2.73. The summed E-state index contributed by atoms with van der Waals surface area (Å²) >= 11 is 0. The molecule has 4 saturated carbocycles. The number of fused-ring (bicyclic) bond motifs is 1. The average molecular weight is 436 g/mol. The van der Waals surface area contributed by atoms with Crippen LogP contribution in [0.3, 0.4) is 0 Å². The van der Waals surface area contributed by atoms with Crippen molar-refractivity contribution in [2.24, 2.45) is 22.7 Å². The molecule has 0 radical (unpaired) electrons. The van der Waals surface area contributed by atoms with Crippen LogP contribution in [0.1, 0.15) is 77.3 Å². The third kappa shape index (κ3) is 1.74. The molecule has 9 rings (SSSR count). The molecule has 1 aromatic carbocycles. The van der Waals surface area contributed by atoms with Crippen molar-refractivity contribution in [2.75, 3.05) is 13.1 Å². The third-order valence-electron chi connectivity index (χ3n) is 12.1. The van der Waals surface area contributed by atoms with Crippen LogP contribution in [0.2, 0.25) is 0 Å². The van der Waals surface area contributed by atoms with E-state index in [2.05, 4.69) is 38.7 Å². The molecule has 4 bridgehead atoms. The summed E-state index contributed by atoms with van der Waals surface area (Å²) in [6.45, 7) is 12.0. The Labute approximate surface area is 191 Å². The number of likely N-dealkylation sites (tertiary alicyclic amines) is 1. The minimum atomic E-state index is -0.238. The smallest absolute Gasteiger partial charge is 0.165 e. The van der Waals surface area contributed by atoms with Crippen LogP contribution >= 0.6 is 0 Å². The second-order valence-corrected chi connectivity index (χ2v) is 13.5. The van der Waals surface area contributed by atoms with Gasteiger partial charge in [0.05, 0.1) is 5.60 Å². The summed E-state index contributed by atoms with van der Waals surface area (Å²) in [4.78, 5) is 2.90. The number of nitrogens with zero attached hydrogens (tertiary/aromatic N) is 1. The molecule has 3 heterocycles. The lowest BCUT2D eigenvalue weighted by molar-refractivity contribution is -0.272. The summed E-state index contributed by atoms with van der Waals surface area (Å²) in [6, 6.07) is 4.70. The topological polar surface area (TPSA) is 41.9 Å². The van der Waals surface area contributed by atoms with Gasteiger partial charge in [0.1, 0.15) is 11.7 Å². The number of hydrogen-bond acceptors (Lipinski definition) is 4. The number of piperidine rings is 1. The zero-order valence-corrected chi connectivity index (χ0v) is 20.0. The Balaban J connectivity index is 1.40. The normalized spacial score (nSPS) is 48.3. The van der Waals surface area contributed by atoms with Crippen molar-refractivity contribution in [2.45, 2.75) is 101 Å². The van der Waals surface area contributed by atoms with Crippen LogP contribution in [0, 0.1) is 22.7 Å². The SMILES string of the molecule is CC1(C)OC23CCC4(CC2C1(C)C)[C@H]1Cc2ccc(O)c5c2[C@@]4(CCN1CC1CC1)[C@H]3O5. The van der Waals surface area contributed by atoms with Crippen LogP contribution < -0.4 is 4.74 Å². The number of phenolic OH excluding ortho intramolecular Hbond substituents is 1. The second-order valence-electron chi connectivity index (χ2n) is 13.5. The van der Waals surface area contributed by atoms with Gasteiger partial charge in [0.15, 0.2) is 11.5 Å². The van der Waals surface area contributed by atoms with Crippen LogP contribution in [-0.4, -0.2) is 46.4 Å². The van der Waals surface area contributed by atoms with E-state index in [0.717, 1.165) is 30.9 Å². The van der Waals surface area contributed by atoms with Gasteiger partial charge in [0, 0.05) is 34.9 Å². The molecule has 3 spiro atoms. The predicted octanol–water partition coefficient (Wildman–Crippen LogP) is 4.81. The maximum Gasteiger partial charge on any atom is 0.165 e. The van der Waals surface area contributed by atoms with Gasteiger partial charge in [-0.25, -0.2) is 0 Å². The first-order chi connectivity index (χ1) is 15.2. The number of hydrogen-bond donors (Lipinski definition) is 1. The Bertz CT molecular complexity index is 1060. The third-order valence-corrected chi connectivity index (χ3v) is 12.1. The minimum Gasteiger partial charge on any atom is -0.504 e. The highest BCUT2D eigenvalue weighted by Gasteiger charge is 2.84. The molecule has 3 aliphatic heterocycles. The zero-order chi connectivity index (χ0) is 21.9. The second kappa shape index (κ2) is 5.20. The number of benzene rings is 1. The molecule has 32 heavy (non-hydrogen) atoms. The fourth-order valence-electron chi connectivity index (χ4n) is 10.1. The number of rotatable bonds is 2. The maximum atomic E-state index is 10.9. The predicted molar refractivity (Wildman–Crippen MR) is 122 cm³/mol. The van der Waals surface area contributed by atoms with Crippen molar-refractivity contribution in [1.82, 2.24) is 4.90 Å². The first-order valence-electron chi connectivity index (χ1n) is 13.1. The van der Waals surface area contributed by atoms with Crippen LogP contribution in [0.25, 0.3) is 0 Å². The number of ether oxygens (including phenoxy) is 2. The van der Waals surface area contributed by atoms with Crippen molar-refractivity contribution < 1.29 is 14.6 Å². The van der Waals surface area contributed by atoms with Crippen molar-refractivity contribution in [3.8, 4) is 11.5 Å². The van der Waals surface area contributed by atoms with Gasteiger partial charge in [-0.05, 0) is 88.3 Å². The highest BCUT2D eigenvalue weighted by Crippen LogP contribution is 2.80. The van der Waals surface area contributed by atoms with Gasteiger partial charge < -0.3 is 14.6 Å². The average Bonchev–Trinajstić information content (AvgIpc) is 3.44. The Kier molecular flexibility index (Phi) is 3.10. The van der Waals surface area contributed by atoms with Crippen molar-refractivity contribution in [3.05, 3.63) is 23.3 Å². The molecule has 8 aliphatic rings. The van der Waals surface area contributed by atoms with Gasteiger partial charge in [-0.15, -0.1) is 0 Å². The number of phenols is 1. The van der Waals surface area contributed by atoms with Crippen LogP contribution in [-0.2, 0) is 16.6 Å². The highest BCUT2D eigenvalue weighted by atomic mass is 16.6. The van der Waals surface area contributed by atoms with Crippen molar-refractivity contribution in [3.63, 3.8) is 0 Å². The van der Waals surface area contributed by atoms with E-state index in [1.165, 1.54) is 49.9 Å². The van der Waals surface area contributed by atoms with E-state index in [1.54, 1.807) is 0 Å². The fourth-order valence-corrected chi connectivity index (χ4v) is 10.1. The lowest BCUT2D eigenvalue weighted by Crippen LogP contribution is -2.80. The Morgan fingerprint density at radius 1 is 1.09 bits per heavy atom. The Hall–Kier alpha value is -1.26. The molecule has 172 valence electrons. The van der Waals surface area contributed by atoms with E-state index in [0.29, 0.717) is 17.7 Å². The molecule has 1 aromatic rings. The summed E-state index contributed by atoms with van der Waals surface area (Å²) < 4.78 is 14.2. The van der Waals surface area contributed by atoms with Crippen molar-refractivity contribution in [1.29, 1.82) is 0 Å². The molecule has 0 amide bonds. The first kappa shape index (κ1) is 19.1. The summed E-state index contributed by atoms with van der Waals surface area (Å²) in [7, 11) is 0. The molecule has 6 atom stereocenters. The molecule has 3 unspecified atom stereocenters. The Morgan fingerprint density at radius 2 is 1.91 bits per heavy atom. The summed E-state index contributed by atoms with van der Waals surface area (Å²) in [6.07, 6.45) is 8.76. The molecule has 5 aliphatic carbocycles. The monoisotopic (exact) mass is 435 g/mol. The molecule has 6 fully saturated rings. The fraction of sp³-hybridized carbons (Fsp3) is 0.786. The Morgan fingerprint density at radius 3 is 2.69 bits per heavy atom. The van der Waals surface area contributed by atoms with Gasteiger partial charge in [-0.1, -0.05) is 19.9 Å². The van der Waals surface area contributed by atoms with E-state index in [1.807, 2.05) is 6.07 Å². The minimum absolute atomic E-state index is 0.00459. The quantitative estimate of drug-likeness (QED) is 0.724. The van der Waals surface area contributed by atoms with E-state index >= 15 is 0 Å². The first-order valence-corrected chi connectivity index (χ1v) is 13.1. The van der Waals surface area contributed by atoms with Gasteiger partial charge in [0.2, 0.25) is 0 Å². The van der Waals surface area contributed by atoms with E-state index in [4.69, 9.17) is 9.47 Å². The van der Waals surface area contributed by atoms with Crippen LogP contribution in [0.5, 0.6) is 11.5 Å². The summed E-state index contributed by atoms with van der Waals surface area (Å²) in [5.74, 6) is 2.56. The molecule has 4 heteroatoms. The summed E-state index contributed by atoms with van der Waals surface area (Å²) in [5, 5.41) is 10.9. The van der Waals surface area contributed by atoms with Crippen LogP contribution in [0.15, 0.2) is 12.1 Å². The lowest BCUT2D eigenvalue weighted by atomic mass is 9.33. The summed E-state index contributed by atoms with van der Waals surface area (Å²) in [5.41, 5.74) is 2.74. The van der Waals surface area contributed by atoms with E-state index in [-0.39, 0.29) is 33.6 Å². The van der Waals surface area contributed by atoms with E-state index < -0.39 is 0 Å². The molecule has 2 saturated heterocycles. The van der Waals surface area contributed by atoms with Gasteiger partial charge in [0.25, 0.3) is 0 Å². The molecular weight excluding hydrogens is 398 g/mol. The zero-order valence-electron chi connectivity index (χ0n) is 20.0. The van der Waals surface area contributed by atoms with Gasteiger partial charge in [-0.2, -0.15) is 0 Å². The number of aromatic hydroxyl groups is 1. The standard InChI is InChI=1S/C28H37NO3/c1-24(2)19-14-26-9-10-28(19,32-25(24,3)4)23-27(26)11-12-29(15-16-5-6-16)20(26)13-17-7-8-18(30)22(31-23)21(17)27/h7-8,16,19-20,23,30H,5-6,9-15H2,1-4H3/t19?,20-,23-,26?,27+,28?/m1/s1. The van der Waals surface area contributed by atoms with Gasteiger partial charge in [-0.3, -0.25) is 4.90 Å². The largest absolute Gasteiger partial charge is 0.504 e. The van der Waals surface area contributed by atoms with Gasteiger partial charge >= 0.3 is 0 Å². The molecule has 1 N–H and O–H groups in total. The maximum absolute atomic E-state index is 10.9. The molecule has 4 nitrogen and oxygen atoms in total. The van der Waals surface area contributed by atoms with E-state index in [9.17, 15) is 5.11 Å².